The van der Waals surface area contributed by atoms with Crippen LogP contribution >= 0.6 is 0 Å². The van der Waals surface area contributed by atoms with Crippen LogP contribution in [0.2, 0.25) is 0 Å². The number of nitrogens with zero attached hydrogens (tertiary/aromatic N) is 2. The van der Waals surface area contributed by atoms with E-state index >= 15 is 0 Å². The summed E-state index contributed by atoms with van der Waals surface area (Å²) in [6.07, 6.45) is 6.39. The molecule has 1 aromatic rings. The van der Waals surface area contributed by atoms with Gasteiger partial charge < -0.3 is 4.90 Å². The SMILES string of the molecule is C=CCCCN1C=c2ccccc2=NC1. The fraction of sp³-hybridized carbons (Fsp3) is 0.308. The third kappa shape index (κ3) is 2.46. The van der Waals surface area contributed by atoms with E-state index in [0.717, 1.165) is 31.4 Å². The maximum absolute atomic E-state index is 4.52. The highest BCUT2D eigenvalue weighted by Gasteiger charge is 2.01. The van der Waals surface area contributed by atoms with Crippen molar-refractivity contribution in [3.8, 4) is 0 Å². The third-order valence-electron chi connectivity index (χ3n) is 2.53. The van der Waals surface area contributed by atoms with Crippen molar-refractivity contribution in [2.24, 2.45) is 4.99 Å². The van der Waals surface area contributed by atoms with E-state index < -0.39 is 0 Å². The molecule has 1 aliphatic rings. The average Bonchev–Trinajstić information content (AvgIpc) is 2.29. The van der Waals surface area contributed by atoms with E-state index in [4.69, 9.17) is 0 Å². The van der Waals surface area contributed by atoms with E-state index in [-0.39, 0.29) is 0 Å². The summed E-state index contributed by atoms with van der Waals surface area (Å²) in [5.74, 6) is 0. The van der Waals surface area contributed by atoms with E-state index in [9.17, 15) is 0 Å². The fourth-order valence-electron chi connectivity index (χ4n) is 1.72. The number of hydrogen-bond donors (Lipinski definition) is 0. The van der Waals surface area contributed by atoms with E-state index in [0.29, 0.717) is 0 Å². The molecular weight excluding hydrogens is 184 g/mol. The van der Waals surface area contributed by atoms with Crippen LogP contribution in [0.5, 0.6) is 0 Å². The second kappa shape index (κ2) is 4.78. The summed E-state index contributed by atoms with van der Waals surface area (Å²) < 4.78 is 0. The summed E-state index contributed by atoms with van der Waals surface area (Å²) >= 11 is 0. The van der Waals surface area contributed by atoms with Crippen molar-refractivity contribution in [2.75, 3.05) is 13.2 Å². The number of fused-ring (bicyclic) bond motifs is 1. The monoisotopic (exact) mass is 200 g/mol. The van der Waals surface area contributed by atoms with Crippen LogP contribution in [-0.4, -0.2) is 18.1 Å². The van der Waals surface area contributed by atoms with Gasteiger partial charge in [-0.25, -0.2) is 0 Å². The molecule has 0 N–H and O–H groups in total. The molecule has 0 spiro atoms. The predicted molar refractivity (Wildman–Crippen MR) is 62.7 cm³/mol. The van der Waals surface area contributed by atoms with Gasteiger partial charge in [-0.1, -0.05) is 24.3 Å². The molecule has 0 amide bonds. The second-order valence-electron chi connectivity index (χ2n) is 3.73. The summed E-state index contributed by atoms with van der Waals surface area (Å²) in [5.41, 5.74) is 0. The lowest BCUT2D eigenvalue weighted by molar-refractivity contribution is 0.406. The number of para-hydroxylation sites is 1. The number of rotatable bonds is 4. The van der Waals surface area contributed by atoms with E-state index in [1.165, 1.54) is 5.22 Å². The first-order valence-electron chi connectivity index (χ1n) is 5.36. The molecule has 1 aliphatic heterocycles. The van der Waals surface area contributed by atoms with Crippen LogP contribution in [0, 0.1) is 0 Å². The van der Waals surface area contributed by atoms with Gasteiger partial charge >= 0.3 is 0 Å². The summed E-state index contributed by atoms with van der Waals surface area (Å²) in [7, 11) is 0. The van der Waals surface area contributed by atoms with Gasteiger partial charge in [-0.05, 0) is 18.9 Å². The van der Waals surface area contributed by atoms with Gasteiger partial charge in [-0.2, -0.15) is 0 Å². The Morgan fingerprint density at radius 1 is 1.40 bits per heavy atom. The molecule has 1 heterocycles. The zero-order valence-electron chi connectivity index (χ0n) is 8.89. The molecule has 0 unspecified atom stereocenters. The van der Waals surface area contributed by atoms with Crippen LogP contribution in [0.15, 0.2) is 41.9 Å². The molecule has 0 saturated carbocycles. The summed E-state index contributed by atoms with van der Waals surface area (Å²) in [6, 6.07) is 8.26. The van der Waals surface area contributed by atoms with Crippen LogP contribution in [0.1, 0.15) is 12.8 Å². The Morgan fingerprint density at radius 2 is 2.27 bits per heavy atom. The predicted octanol–water partition coefficient (Wildman–Crippen LogP) is 1.28. The minimum Gasteiger partial charge on any atom is -0.358 e. The van der Waals surface area contributed by atoms with Crippen molar-refractivity contribution in [1.82, 2.24) is 4.90 Å². The van der Waals surface area contributed by atoms with Gasteiger partial charge in [0.2, 0.25) is 0 Å². The Balaban J connectivity index is 2.09. The molecule has 0 radical (unpaired) electrons. The quantitative estimate of drug-likeness (QED) is 0.528. The highest BCUT2D eigenvalue weighted by Crippen LogP contribution is 1.98. The molecule has 2 nitrogen and oxygen atoms in total. The van der Waals surface area contributed by atoms with E-state index in [1.807, 2.05) is 12.1 Å². The Bertz CT molecular complexity index is 448. The van der Waals surface area contributed by atoms with Gasteiger partial charge in [0.25, 0.3) is 0 Å². The van der Waals surface area contributed by atoms with Crippen molar-refractivity contribution in [3.05, 3.63) is 47.5 Å². The lowest BCUT2D eigenvalue weighted by atomic mass is 10.2. The molecule has 1 aromatic carbocycles. The number of allylic oxidation sites excluding steroid dienone is 1. The van der Waals surface area contributed by atoms with Crippen molar-refractivity contribution >= 4 is 6.20 Å². The number of benzene rings is 1. The second-order valence-corrected chi connectivity index (χ2v) is 3.73. The van der Waals surface area contributed by atoms with Gasteiger partial charge in [0.05, 0.1) is 5.36 Å². The minimum atomic E-state index is 0.786. The molecule has 0 aromatic heterocycles. The highest BCUT2D eigenvalue weighted by atomic mass is 15.2. The molecule has 0 fully saturated rings. The zero-order chi connectivity index (χ0) is 10.5. The molecule has 2 heteroatoms. The fourth-order valence-corrected chi connectivity index (χ4v) is 1.72. The lowest BCUT2D eigenvalue weighted by Gasteiger charge is -2.19. The first-order chi connectivity index (χ1) is 7.40. The molecular formula is C13H16N2. The van der Waals surface area contributed by atoms with Gasteiger partial charge in [0.15, 0.2) is 0 Å². The molecule has 78 valence electrons. The standard InChI is InChI=1S/C13H16N2/c1-2-3-6-9-15-10-12-7-4-5-8-13(12)14-11-15/h2,4-5,7-8,10H,1,3,6,9,11H2. The maximum atomic E-state index is 4.52. The van der Waals surface area contributed by atoms with Gasteiger partial charge in [0.1, 0.15) is 6.67 Å². The maximum Gasteiger partial charge on any atom is 0.110 e. The van der Waals surface area contributed by atoms with E-state index in [2.05, 4.69) is 40.9 Å². The smallest absolute Gasteiger partial charge is 0.110 e. The minimum absolute atomic E-state index is 0.786. The Kier molecular flexibility index (Phi) is 3.18. The molecule has 0 saturated heterocycles. The highest BCUT2D eigenvalue weighted by molar-refractivity contribution is 5.23. The first-order valence-corrected chi connectivity index (χ1v) is 5.36. The normalized spacial score (nSPS) is 13.7. The van der Waals surface area contributed by atoms with Gasteiger partial charge in [0, 0.05) is 18.0 Å². The summed E-state index contributed by atoms with van der Waals surface area (Å²) in [6.45, 7) is 5.57. The third-order valence-corrected chi connectivity index (χ3v) is 2.53. The van der Waals surface area contributed by atoms with Gasteiger partial charge in [-0.3, -0.25) is 4.99 Å². The van der Waals surface area contributed by atoms with Crippen molar-refractivity contribution < 1.29 is 0 Å². The van der Waals surface area contributed by atoms with E-state index in [1.54, 1.807) is 0 Å². The molecule has 0 aliphatic carbocycles. The first kappa shape index (κ1) is 9.97. The van der Waals surface area contributed by atoms with Crippen molar-refractivity contribution in [1.29, 1.82) is 0 Å². The number of hydrogen-bond acceptors (Lipinski definition) is 2. The van der Waals surface area contributed by atoms with Crippen molar-refractivity contribution in [2.45, 2.75) is 12.8 Å². The Labute approximate surface area is 90.3 Å². The molecule has 2 rings (SSSR count). The van der Waals surface area contributed by atoms with Crippen LogP contribution in [0.3, 0.4) is 0 Å². The Hall–Kier alpha value is -1.57. The van der Waals surface area contributed by atoms with Crippen LogP contribution in [0.25, 0.3) is 6.20 Å². The molecule has 0 bridgehead atoms. The Morgan fingerprint density at radius 3 is 3.13 bits per heavy atom. The molecule has 0 atom stereocenters. The largest absolute Gasteiger partial charge is 0.358 e. The summed E-state index contributed by atoms with van der Waals surface area (Å²) in [5, 5.41) is 2.33. The molecule has 15 heavy (non-hydrogen) atoms. The number of unbranched alkanes of at least 4 members (excludes halogenated alkanes) is 1. The van der Waals surface area contributed by atoms with Crippen LogP contribution < -0.4 is 10.6 Å². The van der Waals surface area contributed by atoms with Crippen molar-refractivity contribution in [3.63, 3.8) is 0 Å². The van der Waals surface area contributed by atoms with Gasteiger partial charge in [-0.15, -0.1) is 6.58 Å². The average molecular weight is 200 g/mol. The topological polar surface area (TPSA) is 15.6 Å². The summed E-state index contributed by atoms with van der Waals surface area (Å²) in [4.78, 5) is 6.78. The lowest BCUT2D eigenvalue weighted by Crippen LogP contribution is -2.35. The van der Waals surface area contributed by atoms with Crippen LogP contribution in [-0.2, 0) is 0 Å². The zero-order valence-corrected chi connectivity index (χ0v) is 8.89. The van der Waals surface area contributed by atoms with Crippen LogP contribution in [0.4, 0.5) is 0 Å².